The Labute approximate surface area is 116 Å². The van der Waals surface area contributed by atoms with Gasteiger partial charge in [0.15, 0.2) is 0 Å². The van der Waals surface area contributed by atoms with Gasteiger partial charge in [0.1, 0.15) is 6.07 Å². The molecule has 1 atom stereocenters. The Morgan fingerprint density at radius 1 is 1.50 bits per heavy atom. The third-order valence-electron chi connectivity index (χ3n) is 2.99. The molecule has 0 amide bonds. The van der Waals surface area contributed by atoms with Crippen LogP contribution in [0.15, 0.2) is 22.7 Å². The molecule has 4 heteroatoms. The summed E-state index contributed by atoms with van der Waals surface area (Å²) in [5.41, 5.74) is 1.50. The van der Waals surface area contributed by atoms with E-state index in [2.05, 4.69) is 47.7 Å². The second kappa shape index (κ2) is 4.91. The van der Waals surface area contributed by atoms with E-state index < -0.39 is 0 Å². The van der Waals surface area contributed by atoms with Gasteiger partial charge in [0, 0.05) is 17.6 Å². The number of hydrogen-bond acceptors (Lipinski definition) is 3. The molecule has 0 N–H and O–H groups in total. The standard InChI is InChI=1S/C14H17BrN2O/c1-10-8-17(9-14(2,3)18-10)13-6-12(15)5-4-11(13)7-16/h4-6,10H,8-9H2,1-3H3. The molecule has 0 radical (unpaired) electrons. The van der Waals surface area contributed by atoms with Crippen molar-refractivity contribution in [2.45, 2.75) is 32.5 Å². The Balaban J connectivity index is 2.36. The highest BCUT2D eigenvalue weighted by Crippen LogP contribution is 2.30. The molecule has 0 saturated carbocycles. The predicted molar refractivity (Wildman–Crippen MR) is 75.7 cm³/mol. The smallest absolute Gasteiger partial charge is 0.101 e. The molecule has 0 bridgehead atoms. The van der Waals surface area contributed by atoms with Gasteiger partial charge < -0.3 is 9.64 Å². The zero-order valence-corrected chi connectivity index (χ0v) is 12.5. The van der Waals surface area contributed by atoms with Crippen molar-refractivity contribution >= 4 is 21.6 Å². The fraction of sp³-hybridized carbons (Fsp3) is 0.500. The third-order valence-corrected chi connectivity index (χ3v) is 3.48. The average molecular weight is 309 g/mol. The quantitative estimate of drug-likeness (QED) is 0.798. The van der Waals surface area contributed by atoms with Crippen molar-refractivity contribution in [2.75, 3.05) is 18.0 Å². The molecule has 96 valence electrons. The molecule has 0 aliphatic carbocycles. The maximum Gasteiger partial charge on any atom is 0.101 e. The van der Waals surface area contributed by atoms with Gasteiger partial charge in [0.2, 0.25) is 0 Å². The summed E-state index contributed by atoms with van der Waals surface area (Å²) in [4.78, 5) is 2.23. The maximum atomic E-state index is 9.21. The van der Waals surface area contributed by atoms with E-state index >= 15 is 0 Å². The molecule has 1 heterocycles. The van der Waals surface area contributed by atoms with Crippen LogP contribution >= 0.6 is 15.9 Å². The minimum absolute atomic E-state index is 0.166. The maximum absolute atomic E-state index is 9.21. The molecule has 18 heavy (non-hydrogen) atoms. The van der Waals surface area contributed by atoms with Crippen molar-refractivity contribution in [1.29, 1.82) is 5.26 Å². The third kappa shape index (κ3) is 2.85. The van der Waals surface area contributed by atoms with Gasteiger partial charge in [-0.1, -0.05) is 15.9 Å². The molecule has 0 aromatic heterocycles. The van der Waals surface area contributed by atoms with Crippen molar-refractivity contribution in [2.24, 2.45) is 0 Å². The van der Waals surface area contributed by atoms with E-state index in [1.807, 2.05) is 18.2 Å². The second-order valence-corrected chi connectivity index (χ2v) is 6.26. The van der Waals surface area contributed by atoms with Crippen molar-refractivity contribution in [1.82, 2.24) is 0 Å². The van der Waals surface area contributed by atoms with Gasteiger partial charge >= 0.3 is 0 Å². The lowest BCUT2D eigenvalue weighted by Crippen LogP contribution is -2.52. The first-order valence-electron chi connectivity index (χ1n) is 6.04. The monoisotopic (exact) mass is 308 g/mol. The second-order valence-electron chi connectivity index (χ2n) is 5.34. The van der Waals surface area contributed by atoms with Crippen molar-refractivity contribution in [3.8, 4) is 6.07 Å². The first-order chi connectivity index (χ1) is 8.41. The van der Waals surface area contributed by atoms with Crippen molar-refractivity contribution in [3.63, 3.8) is 0 Å². The van der Waals surface area contributed by atoms with Crippen LogP contribution in [-0.2, 0) is 4.74 Å². The Morgan fingerprint density at radius 2 is 2.22 bits per heavy atom. The number of benzene rings is 1. The van der Waals surface area contributed by atoms with Gasteiger partial charge in [-0.15, -0.1) is 0 Å². The molecule has 1 aliphatic rings. The Kier molecular flexibility index (Phi) is 3.65. The highest BCUT2D eigenvalue weighted by Gasteiger charge is 2.32. The molecule has 1 aromatic carbocycles. The fourth-order valence-corrected chi connectivity index (χ4v) is 2.85. The SMILES string of the molecule is CC1CN(c2cc(Br)ccc2C#N)CC(C)(C)O1. The van der Waals surface area contributed by atoms with Crippen LogP contribution in [0.3, 0.4) is 0 Å². The van der Waals surface area contributed by atoms with E-state index in [0.717, 1.165) is 23.2 Å². The van der Waals surface area contributed by atoms with Crippen LogP contribution in [0, 0.1) is 11.3 Å². The first-order valence-corrected chi connectivity index (χ1v) is 6.83. The lowest BCUT2D eigenvalue weighted by Gasteiger charge is -2.43. The normalized spacial score (nSPS) is 22.6. The lowest BCUT2D eigenvalue weighted by molar-refractivity contribution is -0.0749. The summed E-state index contributed by atoms with van der Waals surface area (Å²) in [6, 6.07) is 8.02. The van der Waals surface area contributed by atoms with Crippen LogP contribution < -0.4 is 4.90 Å². The molecule has 1 aliphatic heterocycles. The molecular weight excluding hydrogens is 292 g/mol. The first kappa shape index (κ1) is 13.4. The van der Waals surface area contributed by atoms with Crippen LogP contribution in [0.25, 0.3) is 0 Å². The summed E-state index contributed by atoms with van der Waals surface area (Å²) in [7, 11) is 0. The van der Waals surface area contributed by atoms with E-state index in [4.69, 9.17) is 4.74 Å². The largest absolute Gasteiger partial charge is 0.369 e. The minimum Gasteiger partial charge on any atom is -0.369 e. The Morgan fingerprint density at radius 3 is 2.83 bits per heavy atom. The zero-order valence-electron chi connectivity index (χ0n) is 10.9. The van der Waals surface area contributed by atoms with Gasteiger partial charge in [0.05, 0.1) is 23.0 Å². The number of ether oxygens (including phenoxy) is 1. The number of nitriles is 1. The van der Waals surface area contributed by atoms with E-state index in [0.29, 0.717) is 5.56 Å². The van der Waals surface area contributed by atoms with Crippen molar-refractivity contribution < 1.29 is 4.74 Å². The van der Waals surface area contributed by atoms with Crippen LogP contribution in [0.2, 0.25) is 0 Å². The van der Waals surface area contributed by atoms with Crippen LogP contribution in [-0.4, -0.2) is 24.8 Å². The Hall–Kier alpha value is -1.05. The molecule has 1 fully saturated rings. The predicted octanol–water partition coefficient (Wildman–Crippen LogP) is 3.32. The number of hydrogen-bond donors (Lipinski definition) is 0. The van der Waals surface area contributed by atoms with E-state index in [1.165, 1.54) is 0 Å². The summed E-state index contributed by atoms with van der Waals surface area (Å²) >= 11 is 3.47. The number of nitrogens with zero attached hydrogens (tertiary/aromatic N) is 2. The molecule has 1 unspecified atom stereocenters. The highest BCUT2D eigenvalue weighted by atomic mass is 79.9. The molecular formula is C14H17BrN2O. The molecule has 1 saturated heterocycles. The summed E-state index contributed by atoms with van der Waals surface area (Å²) < 4.78 is 6.89. The van der Waals surface area contributed by atoms with Gasteiger partial charge in [-0.2, -0.15) is 5.26 Å². The van der Waals surface area contributed by atoms with Crippen LogP contribution in [0.5, 0.6) is 0 Å². The molecule has 0 spiro atoms. The molecule has 1 aromatic rings. The minimum atomic E-state index is -0.188. The van der Waals surface area contributed by atoms with Gasteiger partial charge in [-0.05, 0) is 39.0 Å². The van der Waals surface area contributed by atoms with E-state index in [-0.39, 0.29) is 11.7 Å². The number of halogens is 1. The van der Waals surface area contributed by atoms with Crippen molar-refractivity contribution in [3.05, 3.63) is 28.2 Å². The van der Waals surface area contributed by atoms with Gasteiger partial charge in [-0.3, -0.25) is 0 Å². The van der Waals surface area contributed by atoms with Crippen LogP contribution in [0.4, 0.5) is 5.69 Å². The summed E-state index contributed by atoms with van der Waals surface area (Å²) in [6.07, 6.45) is 0.166. The number of rotatable bonds is 1. The topological polar surface area (TPSA) is 36.3 Å². The average Bonchev–Trinajstić information content (AvgIpc) is 2.26. The van der Waals surface area contributed by atoms with Gasteiger partial charge in [0.25, 0.3) is 0 Å². The van der Waals surface area contributed by atoms with Gasteiger partial charge in [-0.25, -0.2) is 0 Å². The summed E-state index contributed by atoms with van der Waals surface area (Å²) in [5, 5.41) is 9.21. The van der Waals surface area contributed by atoms with E-state index in [9.17, 15) is 5.26 Å². The number of anilines is 1. The molecule has 2 rings (SSSR count). The van der Waals surface area contributed by atoms with E-state index in [1.54, 1.807) is 0 Å². The highest BCUT2D eigenvalue weighted by molar-refractivity contribution is 9.10. The molecule has 3 nitrogen and oxygen atoms in total. The summed E-state index contributed by atoms with van der Waals surface area (Å²) in [6.45, 7) is 7.84. The zero-order chi connectivity index (χ0) is 13.3. The van der Waals surface area contributed by atoms with Crippen LogP contribution in [0.1, 0.15) is 26.3 Å². The Bertz CT molecular complexity index is 493. The number of morpholine rings is 1. The summed E-state index contributed by atoms with van der Waals surface area (Å²) in [5.74, 6) is 0. The fourth-order valence-electron chi connectivity index (χ4n) is 2.50. The lowest BCUT2D eigenvalue weighted by atomic mass is 10.0.